The van der Waals surface area contributed by atoms with Crippen molar-refractivity contribution in [2.75, 3.05) is 25.0 Å². The van der Waals surface area contributed by atoms with Crippen molar-refractivity contribution in [1.82, 2.24) is 20.5 Å². The van der Waals surface area contributed by atoms with Gasteiger partial charge in [-0.05, 0) is 56.0 Å². The quantitative estimate of drug-likeness (QED) is 0.523. The zero-order chi connectivity index (χ0) is 26.6. The van der Waals surface area contributed by atoms with Crippen LogP contribution < -0.4 is 16.0 Å². The van der Waals surface area contributed by atoms with Crippen LogP contribution in [0.15, 0.2) is 42.5 Å². The van der Waals surface area contributed by atoms with Crippen LogP contribution in [0.2, 0.25) is 0 Å². The molecule has 0 atom stereocenters. The molecule has 1 aromatic carbocycles. The highest BCUT2D eigenvalue weighted by Crippen LogP contribution is 2.35. The molecule has 198 valence electrons. The number of carbonyl (C=O) groups is 3. The van der Waals surface area contributed by atoms with Crippen LogP contribution in [-0.2, 0) is 15.8 Å². The molecule has 0 unspecified atom stereocenters. The first-order valence-corrected chi connectivity index (χ1v) is 12.3. The highest BCUT2D eigenvalue weighted by molar-refractivity contribution is 5.96. The summed E-state index contributed by atoms with van der Waals surface area (Å²) in [4.78, 5) is 42.6. The number of nitrogens with one attached hydrogen (secondary N) is 3. The summed E-state index contributed by atoms with van der Waals surface area (Å²) >= 11 is 0. The molecule has 1 aromatic heterocycles. The minimum atomic E-state index is -4.54. The van der Waals surface area contributed by atoms with Gasteiger partial charge < -0.3 is 16.0 Å². The van der Waals surface area contributed by atoms with E-state index < -0.39 is 17.6 Å². The minimum Gasteiger partial charge on any atom is -0.349 e. The summed E-state index contributed by atoms with van der Waals surface area (Å²) in [6.07, 6.45) is -0.514. The predicted octanol–water partition coefficient (Wildman–Crippen LogP) is 3.32. The number of carbonyl (C=O) groups excluding carboxylic acids is 3. The average molecular weight is 518 g/mol. The van der Waals surface area contributed by atoms with E-state index in [0.717, 1.165) is 62.7 Å². The second-order valence-corrected chi connectivity index (χ2v) is 9.61. The zero-order valence-corrected chi connectivity index (χ0v) is 20.5. The molecule has 2 aliphatic rings. The van der Waals surface area contributed by atoms with E-state index in [1.165, 1.54) is 13.0 Å². The van der Waals surface area contributed by atoms with E-state index in [2.05, 4.69) is 25.8 Å². The molecule has 2 aromatic rings. The van der Waals surface area contributed by atoms with Crippen LogP contribution in [0.1, 0.15) is 60.1 Å². The summed E-state index contributed by atoms with van der Waals surface area (Å²) < 4.78 is 38.5. The van der Waals surface area contributed by atoms with Crippen LogP contribution in [-0.4, -0.2) is 59.3 Å². The van der Waals surface area contributed by atoms with E-state index in [1.54, 1.807) is 6.07 Å². The molecule has 1 aliphatic carbocycles. The number of aromatic nitrogens is 1. The third kappa shape index (κ3) is 7.06. The predicted molar refractivity (Wildman–Crippen MR) is 131 cm³/mol. The molecular formula is C26H30F3N5O3. The van der Waals surface area contributed by atoms with Gasteiger partial charge in [0.15, 0.2) is 0 Å². The van der Waals surface area contributed by atoms with Crippen molar-refractivity contribution in [2.45, 2.75) is 56.8 Å². The van der Waals surface area contributed by atoms with Gasteiger partial charge in [0.2, 0.25) is 11.8 Å². The van der Waals surface area contributed by atoms with Crippen molar-refractivity contribution in [3.63, 3.8) is 0 Å². The average Bonchev–Trinajstić information content (AvgIpc) is 2.84. The first-order chi connectivity index (χ1) is 17.6. The Bertz CT molecular complexity index is 1140. The molecule has 0 bridgehead atoms. The van der Waals surface area contributed by atoms with Crippen molar-refractivity contribution in [2.24, 2.45) is 0 Å². The van der Waals surface area contributed by atoms with E-state index in [-0.39, 0.29) is 30.0 Å². The molecule has 37 heavy (non-hydrogen) atoms. The Hall–Kier alpha value is -3.47. The Balaban J connectivity index is 1.16. The molecule has 0 spiro atoms. The van der Waals surface area contributed by atoms with Crippen molar-refractivity contribution in [1.29, 1.82) is 0 Å². The maximum atomic E-state index is 12.8. The number of pyridine rings is 1. The zero-order valence-electron chi connectivity index (χ0n) is 20.5. The lowest BCUT2D eigenvalue weighted by atomic mass is 9.82. The molecule has 1 saturated heterocycles. The van der Waals surface area contributed by atoms with Crippen LogP contribution in [0.5, 0.6) is 0 Å². The number of hydrogen-bond donors (Lipinski definition) is 3. The molecule has 2 fully saturated rings. The van der Waals surface area contributed by atoms with Crippen molar-refractivity contribution in [3.05, 3.63) is 59.3 Å². The lowest BCUT2D eigenvalue weighted by molar-refractivity contribution is -0.137. The Morgan fingerprint density at radius 1 is 1.03 bits per heavy atom. The van der Waals surface area contributed by atoms with Gasteiger partial charge in [-0.2, -0.15) is 13.2 Å². The number of rotatable bonds is 7. The molecule has 11 heteroatoms. The van der Waals surface area contributed by atoms with Gasteiger partial charge in [-0.3, -0.25) is 19.3 Å². The summed E-state index contributed by atoms with van der Waals surface area (Å²) in [6.45, 7) is 2.60. The number of halogens is 3. The smallest absolute Gasteiger partial charge is 0.349 e. The third-order valence-electron chi connectivity index (χ3n) is 6.84. The van der Waals surface area contributed by atoms with Gasteiger partial charge in [0.1, 0.15) is 5.82 Å². The first-order valence-electron chi connectivity index (χ1n) is 12.3. The number of benzene rings is 1. The van der Waals surface area contributed by atoms with Crippen LogP contribution >= 0.6 is 0 Å². The molecule has 8 nitrogen and oxygen atoms in total. The fraction of sp³-hybridized carbons (Fsp3) is 0.462. The van der Waals surface area contributed by atoms with Crippen molar-refractivity contribution in [3.8, 4) is 0 Å². The molecule has 1 saturated carbocycles. The van der Waals surface area contributed by atoms with Gasteiger partial charge in [0, 0.05) is 43.2 Å². The maximum Gasteiger partial charge on any atom is 0.416 e. The van der Waals surface area contributed by atoms with Gasteiger partial charge in [-0.1, -0.05) is 12.1 Å². The van der Waals surface area contributed by atoms with E-state index in [1.807, 2.05) is 12.1 Å². The number of nitrogens with zero attached hydrogens (tertiary/aromatic N) is 2. The standard InChI is InChI=1S/C26H30F3N5O3/c1-16(35)31-23-7-3-6-22(33-23)17-8-10-21(11-9-17)34-14-20(15-34)32-24(36)13-30-25(37)18-4-2-5-19(12-18)26(27,28)29/h2-7,12,17,20-21H,8-11,13-15H2,1H3,(H,30,37)(H,32,36)(H,31,33,35). The maximum absolute atomic E-state index is 12.8. The minimum absolute atomic E-state index is 0.0216. The third-order valence-corrected chi connectivity index (χ3v) is 6.84. The Morgan fingerprint density at radius 3 is 2.41 bits per heavy atom. The van der Waals surface area contributed by atoms with E-state index in [4.69, 9.17) is 0 Å². The second kappa shape index (κ2) is 11.3. The largest absolute Gasteiger partial charge is 0.416 e. The molecular weight excluding hydrogens is 487 g/mol. The lowest BCUT2D eigenvalue weighted by Crippen LogP contribution is -2.63. The van der Waals surface area contributed by atoms with Gasteiger partial charge in [-0.25, -0.2) is 4.98 Å². The van der Waals surface area contributed by atoms with Gasteiger partial charge in [0.25, 0.3) is 5.91 Å². The molecule has 3 N–H and O–H groups in total. The monoisotopic (exact) mass is 517 g/mol. The van der Waals surface area contributed by atoms with Crippen LogP contribution in [0.25, 0.3) is 0 Å². The van der Waals surface area contributed by atoms with E-state index >= 15 is 0 Å². The van der Waals surface area contributed by atoms with Gasteiger partial charge in [-0.15, -0.1) is 0 Å². The summed E-state index contributed by atoms with van der Waals surface area (Å²) in [5.41, 5.74) is -0.0707. The summed E-state index contributed by atoms with van der Waals surface area (Å²) in [6, 6.07) is 10.2. The van der Waals surface area contributed by atoms with E-state index in [0.29, 0.717) is 17.8 Å². The van der Waals surface area contributed by atoms with Crippen molar-refractivity contribution >= 4 is 23.5 Å². The SMILES string of the molecule is CC(=O)Nc1cccc(C2CCC(N3CC(NC(=O)CNC(=O)c4cccc(C(F)(F)F)c4)C3)CC2)n1. The highest BCUT2D eigenvalue weighted by Gasteiger charge is 2.36. The fourth-order valence-electron chi connectivity index (χ4n) is 4.95. The van der Waals surface area contributed by atoms with Crippen molar-refractivity contribution < 1.29 is 27.6 Å². The second-order valence-electron chi connectivity index (χ2n) is 9.61. The Morgan fingerprint density at radius 2 is 1.73 bits per heavy atom. The summed E-state index contributed by atoms with van der Waals surface area (Å²) in [5.74, 6) is -0.336. The summed E-state index contributed by atoms with van der Waals surface area (Å²) in [5, 5.41) is 7.97. The van der Waals surface area contributed by atoms with Gasteiger partial charge in [0.05, 0.1) is 18.2 Å². The Kier molecular flexibility index (Phi) is 8.11. The van der Waals surface area contributed by atoms with E-state index in [9.17, 15) is 27.6 Å². The van der Waals surface area contributed by atoms with Crippen LogP contribution in [0.3, 0.4) is 0 Å². The van der Waals surface area contributed by atoms with Crippen LogP contribution in [0.4, 0.5) is 19.0 Å². The first kappa shape index (κ1) is 26.6. The number of alkyl halides is 3. The number of likely N-dealkylation sites (tertiary alicyclic amines) is 1. The van der Waals surface area contributed by atoms with Gasteiger partial charge >= 0.3 is 6.18 Å². The number of anilines is 1. The lowest BCUT2D eigenvalue weighted by Gasteiger charge is -2.46. The molecule has 4 rings (SSSR count). The summed E-state index contributed by atoms with van der Waals surface area (Å²) in [7, 11) is 0. The normalized spacial score (nSPS) is 20.5. The molecule has 2 heterocycles. The molecule has 0 radical (unpaired) electrons. The topological polar surface area (TPSA) is 103 Å². The molecule has 1 aliphatic heterocycles. The van der Waals surface area contributed by atoms with Crippen LogP contribution in [0, 0.1) is 0 Å². The highest BCUT2D eigenvalue weighted by atomic mass is 19.4. The number of amides is 3. The fourth-order valence-corrected chi connectivity index (χ4v) is 4.95. The number of hydrogen-bond acceptors (Lipinski definition) is 5. The Labute approximate surface area is 213 Å². The molecule has 3 amide bonds.